The van der Waals surface area contributed by atoms with Crippen LogP contribution in [0.2, 0.25) is 0 Å². The van der Waals surface area contributed by atoms with Crippen molar-refractivity contribution in [2.45, 2.75) is 6.92 Å². The number of aryl methyl sites for hydroxylation is 2. The van der Waals surface area contributed by atoms with Crippen molar-refractivity contribution >= 4 is 10.8 Å². The molecule has 0 atom stereocenters. The second-order valence-electron chi connectivity index (χ2n) is 3.00. The van der Waals surface area contributed by atoms with Crippen LogP contribution in [0.4, 0.5) is 0 Å². The summed E-state index contributed by atoms with van der Waals surface area (Å²) in [6.45, 7) is 2.14. The van der Waals surface area contributed by atoms with Crippen LogP contribution in [0.25, 0.3) is 10.8 Å². The molecule has 11 heavy (non-hydrogen) atoms. The van der Waals surface area contributed by atoms with E-state index in [1.54, 1.807) is 0 Å². The van der Waals surface area contributed by atoms with Gasteiger partial charge >= 0.3 is 0 Å². The van der Waals surface area contributed by atoms with E-state index in [2.05, 4.69) is 49.1 Å². The number of aromatic nitrogens is 1. The second kappa shape index (κ2) is 2.12. The zero-order chi connectivity index (χ0) is 7.84. The second-order valence-corrected chi connectivity index (χ2v) is 3.00. The summed E-state index contributed by atoms with van der Waals surface area (Å²) < 4.78 is 2.09. The van der Waals surface area contributed by atoms with E-state index in [1.807, 2.05) is 0 Å². The third-order valence-electron chi connectivity index (χ3n) is 2.03. The molecule has 1 aromatic heterocycles. The summed E-state index contributed by atoms with van der Waals surface area (Å²) in [5.41, 5.74) is 1.35. The van der Waals surface area contributed by atoms with Crippen molar-refractivity contribution in [3.8, 4) is 0 Å². The van der Waals surface area contributed by atoms with Crippen LogP contribution in [0, 0.1) is 6.92 Å². The fourth-order valence-electron chi connectivity index (χ4n) is 1.45. The van der Waals surface area contributed by atoms with E-state index < -0.39 is 0 Å². The van der Waals surface area contributed by atoms with Gasteiger partial charge in [0.15, 0.2) is 0 Å². The Morgan fingerprint density at radius 1 is 1.18 bits per heavy atom. The quantitative estimate of drug-likeness (QED) is 0.536. The van der Waals surface area contributed by atoms with Gasteiger partial charge in [0.25, 0.3) is 0 Å². The fraction of sp³-hybridized carbons (Fsp3) is 0.200. The molecule has 0 bridgehead atoms. The van der Waals surface area contributed by atoms with Gasteiger partial charge in [0, 0.05) is 24.8 Å². The van der Waals surface area contributed by atoms with Gasteiger partial charge < -0.3 is 4.57 Å². The van der Waals surface area contributed by atoms with Crippen LogP contribution in [0.5, 0.6) is 0 Å². The largest absolute Gasteiger partial charge is 0.356 e. The number of benzene rings is 1. The van der Waals surface area contributed by atoms with Crippen LogP contribution in [-0.4, -0.2) is 4.57 Å². The molecular formula is C10H11N. The Hall–Kier alpha value is -1.24. The molecule has 0 saturated heterocycles. The molecule has 56 valence electrons. The number of hydrogen-bond acceptors (Lipinski definition) is 0. The van der Waals surface area contributed by atoms with Crippen LogP contribution in [0.1, 0.15) is 5.56 Å². The standard InChI is InChI=1S/C10H11N/c1-8-4-3-5-9-6-11(2)7-10(8)9/h3-7H,1-2H3. The average Bonchev–Trinajstić information content (AvgIpc) is 2.31. The summed E-state index contributed by atoms with van der Waals surface area (Å²) in [5, 5.41) is 2.68. The fourth-order valence-corrected chi connectivity index (χ4v) is 1.45. The van der Waals surface area contributed by atoms with Gasteiger partial charge in [-0.1, -0.05) is 18.2 Å². The van der Waals surface area contributed by atoms with E-state index in [-0.39, 0.29) is 0 Å². The highest BCUT2D eigenvalue weighted by Crippen LogP contribution is 2.17. The monoisotopic (exact) mass is 145 g/mol. The van der Waals surface area contributed by atoms with Crippen LogP contribution < -0.4 is 0 Å². The van der Waals surface area contributed by atoms with E-state index in [0.717, 1.165) is 0 Å². The molecule has 0 unspecified atom stereocenters. The highest BCUT2D eigenvalue weighted by molar-refractivity contribution is 5.85. The van der Waals surface area contributed by atoms with Gasteiger partial charge in [0.1, 0.15) is 0 Å². The molecule has 0 radical (unpaired) electrons. The minimum atomic E-state index is 1.33. The van der Waals surface area contributed by atoms with Crippen molar-refractivity contribution < 1.29 is 0 Å². The van der Waals surface area contributed by atoms with Gasteiger partial charge in [-0.3, -0.25) is 0 Å². The molecule has 0 aliphatic heterocycles. The summed E-state index contributed by atoms with van der Waals surface area (Å²) in [6, 6.07) is 6.38. The summed E-state index contributed by atoms with van der Waals surface area (Å²) >= 11 is 0. The molecule has 2 rings (SSSR count). The highest BCUT2D eigenvalue weighted by atomic mass is 14.9. The molecule has 1 nitrogen and oxygen atoms in total. The Morgan fingerprint density at radius 3 is 2.73 bits per heavy atom. The van der Waals surface area contributed by atoms with Gasteiger partial charge in [-0.25, -0.2) is 0 Å². The van der Waals surface area contributed by atoms with Gasteiger partial charge in [-0.2, -0.15) is 0 Å². The van der Waals surface area contributed by atoms with Crippen molar-refractivity contribution in [2.24, 2.45) is 7.05 Å². The Kier molecular flexibility index (Phi) is 1.25. The highest BCUT2D eigenvalue weighted by Gasteiger charge is 1.96. The third-order valence-corrected chi connectivity index (χ3v) is 2.03. The first-order valence-electron chi connectivity index (χ1n) is 3.78. The van der Waals surface area contributed by atoms with Crippen LogP contribution in [0.3, 0.4) is 0 Å². The number of nitrogens with zero attached hydrogens (tertiary/aromatic N) is 1. The predicted molar refractivity (Wildman–Crippen MR) is 47.7 cm³/mol. The van der Waals surface area contributed by atoms with Crippen molar-refractivity contribution in [3.63, 3.8) is 0 Å². The Morgan fingerprint density at radius 2 is 2.00 bits per heavy atom. The summed E-state index contributed by atoms with van der Waals surface area (Å²) in [7, 11) is 2.06. The molecule has 0 fully saturated rings. The van der Waals surface area contributed by atoms with E-state index in [4.69, 9.17) is 0 Å². The smallest absolute Gasteiger partial charge is 0.0113 e. The van der Waals surface area contributed by atoms with Crippen molar-refractivity contribution in [1.82, 2.24) is 4.57 Å². The first kappa shape index (κ1) is 6.47. The molecule has 0 N–H and O–H groups in total. The molecule has 0 saturated carbocycles. The zero-order valence-electron chi connectivity index (χ0n) is 6.83. The lowest BCUT2D eigenvalue weighted by Crippen LogP contribution is -1.76. The van der Waals surface area contributed by atoms with Crippen LogP contribution in [0.15, 0.2) is 30.6 Å². The van der Waals surface area contributed by atoms with E-state index >= 15 is 0 Å². The first-order valence-corrected chi connectivity index (χ1v) is 3.78. The van der Waals surface area contributed by atoms with Gasteiger partial charge in [-0.15, -0.1) is 0 Å². The molecule has 1 heteroatoms. The Balaban J connectivity index is 2.90. The Bertz CT molecular complexity index is 385. The lowest BCUT2D eigenvalue weighted by Gasteiger charge is -1.91. The summed E-state index contributed by atoms with van der Waals surface area (Å²) in [6.07, 6.45) is 4.30. The van der Waals surface area contributed by atoms with Gasteiger partial charge in [0.05, 0.1) is 0 Å². The van der Waals surface area contributed by atoms with Crippen molar-refractivity contribution in [3.05, 3.63) is 36.2 Å². The number of rotatable bonds is 0. The normalized spacial score (nSPS) is 10.7. The average molecular weight is 145 g/mol. The molecule has 1 aromatic carbocycles. The van der Waals surface area contributed by atoms with E-state index in [1.165, 1.54) is 16.3 Å². The predicted octanol–water partition coefficient (Wildman–Crippen LogP) is 2.49. The van der Waals surface area contributed by atoms with E-state index in [9.17, 15) is 0 Å². The molecular weight excluding hydrogens is 134 g/mol. The summed E-state index contributed by atoms with van der Waals surface area (Å²) in [4.78, 5) is 0. The molecule has 0 aliphatic rings. The maximum Gasteiger partial charge on any atom is 0.0113 e. The summed E-state index contributed by atoms with van der Waals surface area (Å²) in [5.74, 6) is 0. The molecule has 0 amide bonds. The lowest BCUT2D eigenvalue weighted by molar-refractivity contribution is 0.933. The van der Waals surface area contributed by atoms with Gasteiger partial charge in [-0.05, 0) is 17.9 Å². The third kappa shape index (κ3) is 0.929. The van der Waals surface area contributed by atoms with Crippen LogP contribution in [-0.2, 0) is 7.05 Å². The minimum Gasteiger partial charge on any atom is -0.356 e. The van der Waals surface area contributed by atoms with Crippen LogP contribution >= 0.6 is 0 Å². The SMILES string of the molecule is Cc1cccc2cn(C)cc12. The minimum absolute atomic E-state index is 1.33. The van der Waals surface area contributed by atoms with Gasteiger partial charge in [0.2, 0.25) is 0 Å². The van der Waals surface area contributed by atoms with E-state index in [0.29, 0.717) is 0 Å². The van der Waals surface area contributed by atoms with Crippen molar-refractivity contribution in [1.29, 1.82) is 0 Å². The zero-order valence-corrected chi connectivity index (χ0v) is 6.83. The lowest BCUT2D eigenvalue weighted by atomic mass is 10.1. The van der Waals surface area contributed by atoms with Crippen molar-refractivity contribution in [2.75, 3.05) is 0 Å². The molecule has 0 spiro atoms. The maximum atomic E-state index is 2.16. The molecule has 0 aliphatic carbocycles. The molecule has 1 heterocycles. The number of fused-ring (bicyclic) bond motifs is 1. The Labute approximate surface area is 66.3 Å². The first-order chi connectivity index (χ1) is 5.27. The maximum absolute atomic E-state index is 2.16. The topological polar surface area (TPSA) is 4.93 Å². The molecule has 2 aromatic rings. The number of hydrogen-bond donors (Lipinski definition) is 0.